The maximum Gasteiger partial charge on any atom is 0.198 e. The van der Waals surface area contributed by atoms with Gasteiger partial charge in [0.2, 0.25) is 0 Å². The van der Waals surface area contributed by atoms with Crippen LogP contribution in [-0.2, 0) is 4.79 Å². The molecule has 0 unspecified atom stereocenters. The lowest BCUT2D eigenvalue weighted by molar-refractivity contribution is -0.111. The van der Waals surface area contributed by atoms with Crippen molar-refractivity contribution in [3.05, 3.63) is 47.6 Å². The van der Waals surface area contributed by atoms with E-state index in [0.717, 1.165) is 11.1 Å². The van der Waals surface area contributed by atoms with Gasteiger partial charge in [-0.15, -0.1) is 0 Å². The Kier molecular flexibility index (Phi) is 3.68. The number of hydrogen-bond donors (Lipinski definition) is 1. The first kappa shape index (κ1) is 14.6. The van der Waals surface area contributed by atoms with E-state index in [9.17, 15) is 15.2 Å². The number of nitriles is 1. The van der Waals surface area contributed by atoms with Crippen molar-refractivity contribution in [1.29, 1.82) is 5.26 Å². The number of methoxy groups -OCH3 is 1. The zero-order valence-corrected chi connectivity index (χ0v) is 12.0. The second-order valence-electron chi connectivity index (χ2n) is 4.92. The second-order valence-corrected chi connectivity index (χ2v) is 4.92. The highest BCUT2D eigenvalue weighted by Crippen LogP contribution is 2.45. The first-order valence-corrected chi connectivity index (χ1v) is 6.33. The Hall–Kier alpha value is -2.80. The molecule has 0 saturated carbocycles. The van der Waals surface area contributed by atoms with Crippen LogP contribution in [0, 0.1) is 11.3 Å². The zero-order valence-electron chi connectivity index (χ0n) is 12.0. The minimum absolute atomic E-state index is 0.0384. The monoisotopic (exact) mass is 281 g/mol. The maximum absolute atomic E-state index is 12.1. The van der Waals surface area contributed by atoms with E-state index in [4.69, 9.17) is 4.74 Å². The topological polar surface area (TPSA) is 70.3 Å². The van der Waals surface area contributed by atoms with Gasteiger partial charge in [-0.2, -0.15) is 5.26 Å². The Bertz CT molecular complexity index is 748. The number of carbonyl (C=O) groups is 1. The molecule has 0 saturated heterocycles. The van der Waals surface area contributed by atoms with Gasteiger partial charge in [0.25, 0.3) is 0 Å². The first-order valence-electron chi connectivity index (χ1n) is 6.33. The van der Waals surface area contributed by atoms with Crippen molar-refractivity contribution in [2.24, 2.45) is 0 Å². The molecule has 1 N–H and O–H groups in total. The molecule has 0 aliphatic heterocycles. The number of rotatable bonds is 3. The normalized spacial score (nSPS) is 15.2. The van der Waals surface area contributed by atoms with Gasteiger partial charge in [-0.05, 0) is 53.3 Å². The number of hydrogen-bond acceptors (Lipinski definition) is 4. The average Bonchev–Trinajstić information content (AvgIpc) is 2.75. The fourth-order valence-electron chi connectivity index (χ4n) is 2.37. The number of phenols is 1. The number of benzene rings is 1. The predicted octanol–water partition coefficient (Wildman–Crippen LogP) is 3.24. The number of aromatic hydroxyl groups is 1. The Morgan fingerprint density at radius 1 is 1.43 bits per heavy atom. The third-order valence-electron chi connectivity index (χ3n) is 3.44. The number of nitrogens with zero attached hydrogens (tertiary/aromatic N) is 1. The number of fused-ring (bicyclic) bond motifs is 1. The molecule has 106 valence electrons. The summed E-state index contributed by atoms with van der Waals surface area (Å²) in [5, 5.41) is 19.2. The smallest absolute Gasteiger partial charge is 0.198 e. The van der Waals surface area contributed by atoms with Crippen molar-refractivity contribution < 1.29 is 14.6 Å². The van der Waals surface area contributed by atoms with E-state index in [-0.39, 0.29) is 17.1 Å². The summed E-state index contributed by atoms with van der Waals surface area (Å²) in [6, 6.07) is 5.12. The van der Waals surface area contributed by atoms with E-state index in [1.165, 1.54) is 13.2 Å². The summed E-state index contributed by atoms with van der Waals surface area (Å²) in [4.78, 5) is 12.1. The lowest BCUT2D eigenvalue weighted by Gasteiger charge is -2.08. The van der Waals surface area contributed by atoms with Gasteiger partial charge in [0.05, 0.1) is 7.11 Å². The Morgan fingerprint density at radius 2 is 2.10 bits per heavy atom. The molecule has 1 aromatic rings. The highest BCUT2D eigenvalue weighted by Gasteiger charge is 2.27. The lowest BCUT2D eigenvalue weighted by atomic mass is 9.96. The number of ketones is 1. The minimum atomic E-state index is -0.386. The zero-order chi connectivity index (χ0) is 15.7. The van der Waals surface area contributed by atoms with Gasteiger partial charge in [0.1, 0.15) is 11.6 Å². The van der Waals surface area contributed by atoms with Crippen molar-refractivity contribution in [2.45, 2.75) is 13.3 Å². The largest absolute Gasteiger partial charge is 0.504 e. The van der Waals surface area contributed by atoms with Crippen LogP contribution >= 0.6 is 0 Å². The van der Waals surface area contributed by atoms with Gasteiger partial charge in [-0.1, -0.05) is 13.2 Å². The van der Waals surface area contributed by atoms with Gasteiger partial charge in [-0.25, -0.2) is 0 Å². The minimum Gasteiger partial charge on any atom is -0.504 e. The molecule has 0 fully saturated rings. The summed E-state index contributed by atoms with van der Waals surface area (Å²) in [6.07, 6.45) is 0.393. The van der Waals surface area contributed by atoms with E-state index in [2.05, 4.69) is 13.2 Å². The van der Waals surface area contributed by atoms with Crippen molar-refractivity contribution in [2.75, 3.05) is 7.11 Å². The van der Waals surface area contributed by atoms with Crippen LogP contribution in [0.1, 0.15) is 24.5 Å². The fraction of sp³-hybridized carbons (Fsp3) is 0.176. The molecular formula is C17H15NO3. The molecule has 1 aliphatic carbocycles. The Balaban J connectivity index is 2.71. The Morgan fingerprint density at radius 3 is 2.62 bits per heavy atom. The van der Waals surface area contributed by atoms with Crippen LogP contribution in [0.15, 0.2) is 36.4 Å². The van der Waals surface area contributed by atoms with Crippen LogP contribution in [0.2, 0.25) is 0 Å². The first-order chi connectivity index (χ1) is 9.90. The quantitative estimate of drug-likeness (QED) is 0.682. The van der Waals surface area contributed by atoms with Crippen LogP contribution in [0.25, 0.3) is 11.1 Å². The van der Waals surface area contributed by atoms with Crippen LogP contribution in [0.5, 0.6) is 11.5 Å². The van der Waals surface area contributed by atoms with E-state index < -0.39 is 0 Å². The summed E-state index contributed by atoms with van der Waals surface area (Å²) in [5.74, 6) is -0.0899. The predicted molar refractivity (Wildman–Crippen MR) is 80.7 cm³/mol. The van der Waals surface area contributed by atoms with Gasteiger partial charge in [0, 0.05) is 0 Å². The summed E-state index contributed by atoms with van der Waals surface area (Å²) < 4.78 is 5.07. The van der Waals surface area contributed by atoms with Gasteiger partial charge in [-0.3, -0.25) is 4.79 Å². The van der Waals surface area contributed by atoms with Crippen molar-refractivity contribution in [3.8, 4) is 17.6 Å². The van der Waals surface area contributed by atoms with Crippen LogP contribution in [0.4, 0.5) is 0 Å². The maximum atomic E-state index is 12.1. The number of Topliss-reactive ketones (excluding diaryl/α,β-unsaturated/α-hetero) is 1. The molecule has 2 rings (SSSR count). The van der Waals surface area contributed by atoms with Crippen LogP contribution in [-0.4, -0.2) is 18.0 Å². The molecule has 0 atom stereocenters. The molecule has 0 bridgehead atoms. The van der Waals surface area contributed by atoms with Crippen molar-refractivity contribution >= 4 is 16.9 Å². The average molecular weight is 281 g/mol. The van der Waals surface area contributed by atoms with Crippen LogP contribution in [0.3, 0.4) is 0 Å². The molecule has 0 radical (unpaired) electrons. The molecule has 0 spiro atoms. The third-order valence-corrected chi connectivity index (χ3v) is 3.44. The highest BCUT2D eigenvalue weighted by atomic mass is 16.5. The summed E-state index contributed by atoms with van der Waals surface area (Å²) in [7, 11) is 1.46. The van der Waals surface area contributed by atoms with E-state index in [0.29, 0.717) is 28.9 Å². The summed E-state index contributed by atoms with van der Waals surface area (Å²) in [5.41, 5.74) is 3.12. The molecular weight excluding hydrogens is 266 g/mol. The standard InChI is InChI=1S/C17H15NO3/c1-9(2)17(20)14(8-18)12-5-10(3)11-7-16(21-4)15(19)6-13(11)12/h6-7,19H,1,3,5H2,2,4H3/b14-12+. The van der Waals surface area contributed by atoms with Crippen molar-refractivity contribution in [3.63, 3.8) is 0 Å². The lowest BCUT2D eigenvalue weighted by Crippen LogP contribution is -2.04. The fourth-order valence-corrected chi connectivity index (χ4v) is 2.37. The molecule has 4 nitrogen and oxygen atoms in total. The number of ether oxygens (including phenoxy) is 1. The molecule has 0 aromatic heterocycles. The van der Waals surface area contributed by atoms with E-state index >= 15 is 0 Å². The SMILES string of the molecule is C=C(C)C(=O)/C(C#N)=C1\CC(=C)c2cc(OC)c(O)cc21. The Labute approximate surface area is 123 Å². The van der Waals surface area contributed by atoms with E-state index in [1.54, 1.807) is 13.0 Å². The molecule has 1 aliphatic rings. The molecule has 0 amide bonds. The summed E-state index contributed by atoms with van der Waals surface area (Å²) >= 11 is 0. The molecule has 21 heavy (non-hydrogen) atoms. The molecule has 0 heterocycles. The van der Waals surface area contributed by atoms with Gasteiger partial charge < -0.3 is 9.84 Å². The number of carbonyl (C=O) groups excluding carboxylic acids is 1. The van der Waals surface area contributed by atoms with Crippen LogP contribution < -0.4 is 4.74 Å². The second kappa shape index (κ2) is 5.29. The molecule has 4 heteroatoms. The third kappa shape index (κ3) is 2.34. The van der Waals surface area contributed by atoms with E-state index in [1.807, 2.05) is 6.07 Å². The van der Waals surface area contributed by atoms with Crippen molar-refractivity contribution in [1.82, 2.24) is 0 Å². The number of phenolic OH excluding ortho intramolecular Hbond substituents is 1. The highest BCUT2D eigenvalue weighted by molar-refractivity contribution is 6.17. The molecule has 1 aromatic carbocycles. The van der Waals surface area contributed by atoms with Gasteiger partial charge >= 0.3 is 0 Å². The summed E-state index contributed by atoms with van der Waals surface area (Å²) in [6.45, 7) is 9.11. The van der Waals surface area contributed by atoms with Gasteiger partial charge in [0.15, 0.2) is 17.3 Å². The number of allylic oxidation sites excluding steroid dienone is 4.